The molecule has 0 bridgehead atoms. The van der Waals surface area contributed by atoms with Crippen molar-refractivity contribution in [2.24, 2.45) is 0 Å². The van der Waals surface area contributed by atoms with Gasteiger partial charge in [0.1, 0.15) is 17.8 Å². The summed E-state index contributed by atoms with van der Waals surface area (Å²) >= 11 is 0. The maximum atomic E-state index is 12.7. The smallest absolute Gasteiger partial charge is 0.253 e. The number of anilines is 3. The lowest BCUT2D eigenvalue weighted by Crippen LogP contribution is -2.46. The van der Waals surface area contributed by atoms with Crippen LogP contribution in [0.2, 0.25) is 0 Å². The predicted octanol–water partition coefficient (Wildman–Crippen LogP) is 3.54. The van der Waals surface area contributed by atoms with Crippen molar-refractivity contribution >= 4 is 40.0 Å². The van der Waals surface area contributed by atoms with E-state index in [9.17, 15) is 9.59 Å². The van der Waals surface area contributed by atoms with Crippen molar-refractivity contribution < 1.29 is 9.59 Å². The van der Waals surface area contributed by atoms with E-state index in [0.29, 0.717) is 22.7 Å². The molecule has 0 unspecified atom stereocenters. The minimum atomic E-state index is -0.275. The normalized spacial score (nSPS) is 13.4. The molecule has 2 aromatic carbocycles. The van der Waals surface area contributed by atoms with E-state index in [1.807, 2.05) is 53.4 Å². The molecule has 2 amide bonds. The summed E-state index contributed by atoms with van der Waals surface area (Å²) in [5.74, 6) is 0.413. The summed E-state index contributed by atoms with van der Waals surface area (Å²) in [4.78, 5) is 38.3. The zero-order valence-electron chi connectivity index (χ0n) is 19.0. The Hall–Kier alpha value is -4.50. The lowest BCUT2D eigenvalue weighted by atomic mass is 10.1. The van der Waals surface area contributed by atoms with Crippen molar-refractivity contribution in [2.75, 3.05) is 36.8 Å². The molecule has 0 spiro atoms. The number of hydrogen-bond donors (Lipinski definition) is 4. The minimum Gasteiger partial charge on any atom is -0.340 e. The maximum Gasteiger partial charge on any atom is 0.253 e. The number of aromatic amines is 1. The number of nitrogens with one attached hydrogen (secondary N) is 4. The third kappa shape index (κ3) is 4.90. The van der Waals surface area contributed by atoms with E-state index < -0.39 is 0 Å². The van der Waals surface area contributed by atoms with E-state index in [4.69, 9.17) is 0 Å². The van der Waals surface area contributed by atoms with Crippen LogP contribution in [0, 0.1) is 0 Å². The topological polar surface area (TPSA) is 115 Å². The number of H-pyrrole nitrogens is 1. The summed E-state index contributed by atoms with van der Waals surface area (Å²) < 4.78 is 0. The van der Waals surface area contributed by atoms with Crippen molar-refractivity contribution in [2.45, 2.75) is 0 Å². The van der Waals surface area contributed by atoms with E-state index in [-0.39, 0.29) is 11.8 Å². The Morgan fingerprint density at radius 1 is 1.00 bits per heavy atom. The number of piperazine rings is 1. The van der Waals surface area contributed by atoms with E-state index in [1.165, 1.54) is 12.4 Å². The van der Waals surface area contributed by atoms with Crippen LogP contribution < -0.4 is 16.0 Å². The number of benzene rings is 2. The van der Waals surface area contributed by atoms with Crippen LogP contribution in [0.25, 0.3) is 22.3 Å². The molecule has 1 aliphatic rings. The van der Waals surface area contributed by atoms with Gasteiger partial charge in [-0.15, -0.1) is 0 Å². The van der Waals surface area contributed by atoms with Crippen LogP contribution >= 0.6 is 0 Å². The number of carbonyl (C=O) groups excluding carboxylic acids is 2. The van der Waals surface area contributed by atoms with Gasteiger partial charge in [0.2, 0.25) is 5.91 Å². The highest BCUT2D eigenvalue weighted by Crippen LogP contribution is 2.29. The van der Waals surface area contributed by atoms with Gasteiger partial charge in [-0.2, -0.15) is 0 Å². The fourth-order valence-electron chi connectivity index (χ4n) is 4.04. The fourth-order valence-corrected chi connectivity index (χ4v) is 4.04. The van der Waals surface area contributed by atoms with E-state index in [0.717, 1.165) is 48.5 Å². The molecule has 0 radical (unpaired) electrons. The molecule has 0 atom stereocenters. The number of carbonyl (C=O) groups is 2. The molecule has 176 valence electrons. The van der Waals surface area contributed by atoms with Gasteiger partial charge in [-0.3, -0.25) is 9.59 Å². The van der Waals surface area contributed by atoms with Gasteiger partial charge in [-0.05, 0) is 48.0 Å². The quantitative estimate of drug-likeness (QED) is 0.323. The molecule has 1 saturated heterocycles. The standard InChI is InChI=1S/C26H25N7O2/c1-2-23(34)30-19-4-3-5-20(14-19)31-24-21-15-22(32-25(21)29-16-28-24)17-6-8-18(9-7-17)26(35)33-12-10-27-11-13-33/h2-9,14-16,27H,1,10-13H2,(H,30,34)(H2,28,29,31,32). The van der Waals surface area contributed by atoms with Crippen molar-refractivity contribution in [1.82, 2.24) is 25.2 Å². The van der Waals surface area contributed by atoms with Gasteiger partial charge in [-0.25, -0.2) is 9.97 Å². The Labute approximate surface area is 202 Å². The molecular formula is C26H25N7O2. The first-order valence-corrected chi connectivity index (χ1v) is 11.4. The van der Waals surface area contributed by atoms with Crippen LogP contribution in [-0.4, -0.2) is 57.8 Å². The average Bonchev–Trinajstić information content (AvgIpc) is 3.34. The molecule has 1 aliphatic heterocycles. The lowest BCUT2D eigenvalue weighted by Gasteiger charge is -2.27. The number of nitrogens with zero attached hydrogens (tertiary/aromatic N) is 3. The highest BCUT2D eigenvalue weighted by Gasteiger charge is 2.18. The fraction of sp³-hybridized carbons (Fsp3) is 0.154. The minimum absolute atomic E-state index is 0.0542. The molecule has 4 aromatic rings. The molecule has 1 fully saturated rings. The van der Waals surface area contributed by atoms with Gasteiger partial charge in [0.25, 0.3) is 5.91 Å². The summed E-state index contributed by atoms with van der Waals surface area (Å²) in [6.45, 7) is 6.57. The monoisotopic (exact) mass is 467 g/mol. The van der Waals surface area contributed by atoms with Gasteiger partial charge >= 0.3 is 0 Å². The molecule has 9 heteroatoms. The van der Waals surface area contributed by atoms with Crippen LogP contribution in [0.5, 0.6) is 0 Å². The van der Waals surface area contributed by atoms with Crippen molar-refractivity contribution in [3.63, 3.8) is 0 Å². The van der Waals surface area contributed by atoms with Crippen molar-refractivity contribution in [3.8, 4) is 11.3 Å². The Kier molecular flexibility index (Phi) is 6.23. The second kappa shape index (κ2) is 9.78. The lowest BCUT2D eigenvalue weighted by molar-refractivity contribution is -0.111. The second-order valence-electron chi connectivity index (χ2n) is 8.19. The highest BCUT2D eigenvalue weighted by atomic mass is 16.2. The van der Waals surface area contributed by atoms with Gasteiger partial charge < -0.3 is 25.8 Å². The van der Waals surface area contributed by atoms with E-state index in [1.54, 1.807) is 6.07 Å². The zero-order chi connectivity index (χ0) is 24.2. The Morgan fingerprint density at radius 3 is 2.54 bits per heavy atom. The number of hydrogen-bond acceptors (Lipinski definition) is 6. The van der Waals surface area contributed by atoms with Crippen molar-refractivity contribution in [1.29, 1.82) is 0 Å². The summed E-state index contributed by atoms with van der Waals surface area (Å²) in [5.41, 5.74) is 4.60. The molecule has 2 aromatic heterocycles. The first-order chi connectivity index (χ1) is 17.1. The van der Waals surface area contributed by atoms with E-state index >= 15 is 0 Å². The maximum absolute atomic E-state index is 12.7. The van der Waals surface area contributed by atoms with Crippen molar-refractivity contribution in [3.05, 3.63) is 79.1 Å². The van der Waals surface area contributed by atoms with Gasteiger partial charge in [-0.1, -0.05) is 24.8 Å². The Morgan fingerprint density at radius 2 is 1.77 bits per heavy atom. The molecular weight excluding hydrogens is 442 g/mol. The molecule has 0 saturated carbocycles. The molecule has 9 nitrogen and oxygen atoms in total. The SMILES string of the molecule is C=CC(=O)Nc1cccc(Nc2ncnc3[nH]c(-c4ccc(C(=O)N5CCNCC5)cc4)cc23)c1. The van der Waals surface area contributed by atoms with Gasteiger partial charge in [0, 0.05) is 48.8 Å². The third-order valence-electron chi connectivity index (χ3n) is 5.85. The molecule has 4 N–H and O–H groups in total. The molecule has 0 aliphatic carbocycles. The van der Waals surface area contributed by atoms with Crippen LogP contribution in [-0.2, 0) is 4.79 Å². The number of fused-ring (bicyclic) bond motifs is 1. The summed E-state index contributed by atoms with van der Waals surface area (Å²) in [7, 11) is 0. The zero-order valence-corrected chi connectivity index (χ0v) is 19.0. The number of amides is 2. The third-order valence-corrected chi connectivity index (χ3v) is 5.85. The summed E-state index contributed by atoms with van der Waals surface area (Å²) in [5, 5.41) is 10.1. The largest absolute Gasteiger partial charge is 0.340 e. The highest BCUT2D eigenvalue weighted by molar-refractivity contribution is 5.99. The molecule has 5 rings (SSSR count). The van der Waals surface area contributed by atoms with Crippen LogP contribution in [0.4, 0.5) is 17.2 Å². The van der Waals surface area contributed by atoms with Crippen LogP contribution in [0.1, 0.15) is 10.4 Å². The van der Waals surface area contributed by atoms with Crippen LogP contribution in [0.3, 0.4) is 0 Å². The summed E-state index contributed by atoms with van der Waals surface area (Å²) in [6, 6.07) is 16.9. The number of aromatic nitrogens is 3. The predicted molar refractivity (Wildman–Crippen MR) is 137 cm³/mol. The Balaban J connectivity index is 1.37. The van der Waals surface area contributed by atoms with Gasteiger partial charge in [0.15, 0.2) is 0 Å². The first-order valence-electron chi connectivity index (χ1n) is 11.4. The van der Waals surface area contributed by atoms with E-state index in [2.05, 4.69) is 37.5 Å². The van der Waals surface area contributed by atoms with Gasteiger partial charge in [0.05, 0.1) is 5.39 Å². The molecule has 3 heterocycles. The number of rotatable bonds is 6. The molecule has 35 heavy (non-hydrogen) atoms. The Bertz CT molecular complexity index is 1390. The van der Waals surface area contributed by atoms with Crippen LogP contribution in [0.15, 0.2) is 73.6 Å². The summed E-state index contributed by atoms with van der Waals surface area (Å²) in [6.07, 6.45) is 2.71. The average molecular weight is 468 g/mol. The first kappa shape index (κ1) is 22.3. The second-order valence-corrected chi connectivity index (χ2v) is 8.19.